The number of ether oxygens (including phenoxy) is 1. The van der Waals surface area contributed by atoms with Gasteiger partial charge in [-0.1, -0.05) is 29.8 Å². The fourth-order valence-corrected chi connectivity index (χ4v) is 1.60. The molecule has 0 amide bonds. The normalized spacial score (nSPS) is 10.1. The Morgan fingerprint density at radius 2 is 2.00 bits per heavy atom. The Labute approximate surface area is 94.9 Å². The highest BCUT2D eigenvalue weighted by Gasteiger charge is 2.04. The first-order chi connectivity index (χ1) is 7.70. The van der Waals surface area contributed by atoms with Crippen molar-refractivity contribution in [3.63, 3.8) is 0 Å². The lowest BCUT2D eigenvalue weighted by molar-refractivity contribution is 0.415. The molecule has 1 heterocycles. The summed E-state index contributed by atoms with van der Waals surface area (Å²) in [7, 11) is 1.59. The maximum absolute atomic E-state index is 5.67. The zero-order valence-electron chi connectivity index (χ0n) is 9.40. The summed E-state index contributed by atoms with van der Waals surface area (Å²) < 4.78 is 5.15. The molecule has 0 radical (unpaired) electrons. The minimum absolute atomic E-state index is 0.416. The average molecular weight is 214 g/mol. The van der Waals surface area contributed by atoms with Gasteiger partial charge in [-0.25, -0.2) is 4.98 Å². The van der Waals surface area contributed by atoms with E-state index in [0.29, 0.717) is 11.6 Å². The zero-order valence-corrected chi connectivity index (χ0v) is 9.40. The van der Waals surface area contributed by atoms with Crippen LogP contribution in [0.5, 0.6) is 5.75 Å². The zero-order chi connectivity index (χ0) is 11.5. The molecule has 0 spiro atoms. The number of nitrogens with two attached hydrogens (primary N) is 1. The molecule has 0 saturated carbocycles. The van der Waals surface area contributed by atoms with Crippen LogP contribution in [0.1, 0.15) is 5.56 Å². The summed E-state index contributed by atoms with van der Waals surface area (Å²) in [5, 5.41) is 0. The van der Waals surface area contributed by atoms with Crippen molar-refractivity contribution in [1.29, 1.82) is 0 Å². The molecule has 0 saturated heterocycles. The molecule has 0 aliphatic heterocycles. The molecular weight excluding hydrogens is 200 g/mol. The van der Waals surface area contributed by atoms with Gasteiger partial charge in [-0.15, -0.1) is 0 Å². The van der Waals surface area contributed by atoms with Gasteiger partial charge in [0.2, 0.25) is 0 Å². The van der Waals surface area contributed by atoms with Gasteiger partial charge in [0.05, 0.1) is 7.11 Å². The fourth-order valence-electron chi connectivity index (χ4n) is 1.60. The molecule has 82 valence electrons. The third kappa shape index (κ3) is 1.98. The first-order valence-corrected chi connectivity index (χ1v) is 5.07. The Bertz CT molecular complexity index is 509. The van der Waals surface area contributed by atoms with Crippen LogP contribution in [0.2, 0.25) is 0 Å². The number of pyridine rings is 1. The topological polar surface area (TPSA) is 48.1 Å². The van der Waals surface area contributed by atoms with E-state index in [-0.39, 0.29) is 0 Å². The third-order valence-electron chi connectivity index (χ3n) is 2.45. The summed E-state index contributed by atoms with van der Waals surface area (Å²) in [5.74, 6) is 1.03. The van der Waals surface area contributed by atoms with E-state index in [1.807, 2.05) is 18.2 Å². The second kappa shape index (κ2) is 4.23. The molecule has 1 aromatic carbocycles. The molecule has 2 N–H and O–H groups in total. The standard InChI is InChI=1S/C13H14N2O/c1-9-4-3-5-10(6-9)11-7-12(16-2)13(14)15-8-11/h3-8H,1-2H3,(H2,14,15). The molecule has 3 nitrogen and oxygen atoms in total. The average Bonchev–Trinajstić information content (AvgIpc) is 2.29. The molecule has 1 aromatic heterocycles. The van der Waals surface area contributed by atoms with Crippen molar-refractivity contribution in [2.75, 3.05) is 12.8 Å². The highest BCUT2D eigenvalue weighted by atomic mass is 16.5. The van der Waals surface area contributed by atoms with E-state index in [9.17, 15) is 0 Å². The van der Waals surface area contributed by atoms with Crippen LogP contribution in [-0.4, -0.2) is 12.1 Å². The van der Waals surface area contributed by atoms with Gasteiger partial charge in [0, 0.05) is 11.8 Å². The van der Waals surface area contributed by atoms with Crippen LogP contribution in [0.25, 0.3) is 11.1 Å². The van der Waals surface area contributed by atoms with Gasteiger partial charge in [-0.2, -0.15) is 0 Å². The number of hydrogen-bond acceptors (Lipinski definition) is 3. The van der Waals surface area contributed by atoms with Crippen LogP contribution in [0, 0.1) is 6.92 Å². The van der Waals surface area contributed by atoms with Crippen LogP contribution < -0.4 is 10.5 Å². The first-order valence-electron chi connectivity index (χ1n) is 5.07. The van der Waals surface area contributed by atoms with Gasteiger partial charge < -0.3 is 10.5 Å². The first kappa shape index (κ1) is 10.5. The highest BCUT2D eigenvalue weighted by molar-refractivity contribution is 5.67. The lowest BCUT2D eigenvalue weighted by Gasteiger charge is -2.07. The Morgan fingerprint density at radius 3 is 2.69 bits per heavy atom. The van der Waals surface area contributed by atoms with Gasteiger partial charge in [-0.3, -0.25) is 0 Å². The van der Waals surface area contributed by atoms with Crippen molar-refractivity contribution in [1.82, 2.24) is 4.98 Å². The maximum Gasteiger partial charge on any atom is 0.166 e. The Balaban J connectivity index is 2.48. The Hall–Kier alpha value is -2.03. The maximum atomic E-state index is 5.67. The number of anilines is 1. The fraction of sp³-hybridized carbons (Fsp3) is 0.154. The molecule has 2 rings (SSSR count). The van der Waals surface area contributed by atoms with Crippen LogP contribution in [0.15, 0.2) is 36.5 Å². The van der Waals surface area contributed by atoms with Crippen LogP contribution in [0.3, 0.4) is 0 Å². The van der Waals surface area contributed by atoms with Gasteiger partial charge in [0.15, 0.2) is 11.6 Å². The quantitative estimate of drug-likeness (QED) is 0.836. The predicted molar refractivity (Wildman–Crippen MR) is 65.4 cm³/mol. The molecule has 16 heavy (non-hydrogen) atoms. The summed E-state index contributed by atoms with van der Waals surface area (Å²) in [4.78, 5) is 4.11. The molecule has 3 heteroatoms. The van der Waals surface area contributed by atoms with Crippen molar-refractivity contribution in [2.24, 2.45) is 0 Å². The molecule has 0 aliphatic carbocycles. The molecule has 0 aliphatic rings. The van der Waals surface area contributed by atoms with E-state index in [2.05, 4.69) is 24.0 Å². The number of nitrogen functional groups attached to an aromatic ring is 1. The third-order valence-corrected chi connectivity index (χ3v) is 2.45. The molecule has 2 aromatic rings. The summed E-state index contributed by atoms with van der Waals surface area (Å²) in [5.41, 5.74) is 9.01. The van der Waals surface area contributed by atoms with Crippen molar-refractivity contribution in [3.05, 3.63) is 42.1 Å². The second-order valence-corrected chi connectivity index (χ2v) is 3.68. The molecule has 0 atom stereocenters. The van der Waals surface area contributed by atoms with E-state index in [1.54, 1.807) is 13.3 Å². The van der Waals surface area contributed by atoms with Crippen LogP contribution in [-0.2, 0) is 0 Å². The molecule has 0 bridgehead atoms. The van der Waals surface area contributed by atoms with Crippen molar-refractivity contribution in [2.45, 2.75) is 6.92 Å². The summed E-state index contributed by atoms with van der Waals surface area (Å²) >= 11 is 0. The summed E-state index contributed by atoms with van der Waals surface area (Å²) in [6.45, 7) is 2.06. The Morgan fingerprint density at radius 1 is 1.19 bits per heavy atom. The number of aryl methyl sites for hydroxylation is 1. The largest absolute Gasteiger partial charge is 0.493 e. The smallest absolute Gasteiger partial charge is 0.166 e. The highest BCUT2D eigenvalue weighted by Crippen LogP contribution is 2.26. The van der Waals surface area contributed by atoms with Gasteiger partial charge in [-0.05, 0) is 18.6 Å². The van der Waals surface area contributed by atoms with Gasteiger partial charge >= 0.3 is 0 Å². The van der Waals surface area contributed by atoms with E-state index in [1.165, 1.54) is 5.56 Å². The van der Waals surface area contributed by atoms with E-state index in [4.69, 9.17) is 10.5 Å². The van der Waals surface area contributed by atoms with E-state index >= 15 is 0 Å². The molecule has 0 fully saturated rings. The van der Waals surface area contributed by atoms with Gasteiger partial charge in [0.25, 0.3) is 0 Å². The van der Waals surface area contributed by atoms with Crippen molar-refractivity contribution in [3.8, 4) is 16.9 Å². The number of benzene rings is 1. The number of rotatable bonds is 2. The lowest BCUT2D eigenvalue weighted by Crippen LogP contribution is -1.95. The predicted octanol–water partition coefficient (Wildman–Crippen LogP) is 2.65. The van der Waals surface area contributed by atoms with Crippen LogP contribution >= 0.6 is 0 Å². The van der Waals surface area contributed by atoms with E-state index in [0.717, 1.165) is 11.1 Å². The second-order valence-electron chi connectivity index (χ2n) is 3.68. The molecular formula is C13H14N2O. The van der Waals surface area contributed by atoms with Crippen molar-refractivity contribution < 1.29 is 4.74 Å². The monoisotopic (exact) mass is 214 g/mol. The van der Waals surface area contributed by atoms with E-state index < -0.39 is 0 Å². The number of nitrogens with zero attached hydrogens (tertiary/aromatic N) is 1. The minimum atomic E-state index is 0.416. The SMILES string of the molecule is COc1cc(-c2cccc(C)c2)cnc1N. The minimum Gasteiger partial charge on any atom is -0.493 e. The summed E-state index contributed by atoms with van der Waals surface area (Å²) in [6.07, 6.45) is 1.76. The van der Waals surface area contributed by atoms with Crippen molar-refractivity contribution >= 4 is 5.82 Å². The summed E-state index contributed by atoms with van der Waals surface area (Å²) in [6, 6.07) is 10.1. The van der Waals surface area contributed by atoms with Crippen LogP contribution in [0.4, 0.5) is 5.82 Å². The van der Waals surface area contributed by atoms with Gasteiger partial charge in [0.1, 0.15) is 0 Å². The lowest BCUT2D eigenvalue weighted by atomic mass is 10.1. The number of hydrogen-bond donors (Lipinski definition) is 1. The molecule has 0 unspecified atom stereocenters. The number of aromatic nitrogens is 1. The number of methoxy groups -OCH3 is 1. The Kier molecular flexibility index (Phi) is 2.77.